The first-order valence-electron chi connectivity index (χ1n) is 8.03. The SMILES string of the molecule is CC(C)(C)NS(=O)(=O)c1cc(C(=O)Nc2nnc(C3CC3)s2)ccc1F. The van der Waals surface area contributed by atoms with Crippen LogP contribution in [0.15, 0.2) is 23.1 Å². The molecule has 0 saturated heterocycles. The lowest BCUT2D eigenvalue weighted by atomic mass is 10.1. The first-order valence-corrected chi connectivity index (χ1v) is 10.3. The molecule has 1 aromatic carbocycles. The number of benzene rings is 1. The summed E-state index contributed by atoms with van der Waals surface area (Å²) in [5.41, 5.74) is -0.765. The Labute approximate surface area is 155 Å². The van der Waals surface area contributed by atoms with Crippen molar-refractivity contribution in [3.05, 3.63) is 34.6 Å². The summed E-state index contributed by atoms with van der Waals surface area (Å²) < 4.78 is 41.2. The fourth-order valence-electron chi connectivity index (χ4n) is 2.26. The van der Waals surface area contributed by atoms with Crippen LogP contribution >= 0.6 is 11.3 Å². The van der Waals surface area contributed by atoms with Crippen LogP contribution in [-0.4, -0.2) is 30.1 Å². The molecule has 1 aliphatic carbocycles. The highest BCUT2D eigenvalue weighted by atomic mass is 32.2. The molecule has 140 valence electrons. The van der Waals surface area contributed by atoms with Crippen molar-refractivity contribution in [3.63, 3.8) is 0 Å². The number of hydrogen-bond donors (Lipinski definition) is 2. The van der Waals surface area contributed by atoms with Crippen LogP contribution in [0.3, 0.4) is 0 Å². The summed E-state index contributed by atoms with van der Waals surface area (Å²) >= 11 is 1.29. The van der Waals surface area contributed by atoms with Gasteiger partial charge in [0.15, 0.2) is 0 Å². The molecule has 0 spiro atoms. The highest BCUT2D eigenvalue weighted by Gasteiger charge is 2.28. The number of anilines is 1. The lowest BCUT2D eigenvalue weighted by Crippen LogP contribution is -2.40. The number of halogens is 1. The summed E-state index contributed by atoms with van der Waals surface area (Å²) in [7, 11) is -4.11. The maximum atomic E-state index is 14.1. The highest BCUT2D eigenvalue weighted by Crippen LogP contribution is 2.42. The minimum Gasteiger partial charge on any atom is -0.296 e. The standard InChI is InChI=1S/C16H19FN4O3S2/c1-16(2,3)21-26(23,24)12-8-10(6-7-11(12)17)13(22)18-15-20-19-14(25-15)9-4-5-9/h6-9,21H,4-5H2,1-3H3,(H,18,20,22). The van der Waals surface area contributed by atoms with Gasteiger partial charge in [-0.3, -0.25) is 10.1 Å². The van der Waals surface area contributed by atoms with Gasteiger partial charge >= 0.3 is 0 Å². The molecule has 1 aromatic heterocycles. The monoisotopic (exact) mass is 398 g/mol. The highest BCUT2D eigenvalue weighted by molar-refractivity contribution is 7.89. The van der Waals surface area contributed by atoms with E-state index in [-0.39, 0.29) is 5.56 Å². The van der Waals surface area contributed by atoms with Gasteiger partial charge < -0.3 is 0 Å². The Morgan fingerprint density at radius 3 is 2.58 bits per heavy atom. The number of hydrogen-bond acceptors (Lipinski definition) is 6. The Kier molecular flexibility index (Phi) is 4.84. The van der Waals surface area contributed by atoms with Gasteiger partial charge in [0.25, 0.3) is 5.91 Å². The van der Waals surface area contributed by atoms with Crippen LogP contribution in [0.25, 0.3) is 0 Å². The van der Waals surface area contributed by atoms with Gasteiger partial charge in [0.05, 0.1) is 0 Å². The number of rotatable bonds is 5. The molecule has 26 heavy (non-hydrogen) atoms. The number of carbonyl (C=O) groups excluding carboxylic acids is 1. The van der Waals surface area contributed by atoms with Crippen LogP contribution in [-0.2, 0) is 10.0 Å². The van der Waals surface area contributed by atoms with Gasteiger partial charge in [0.2, 0.25) is 15.2 Å². The molecule has 1 saturated carbocycles. The number of nitrogens with zero attached hydrogens (tertiary/aromatic N) is 2. The Balaban J connectivity index is 1.82. The molecule has 0 aliphatic heterocycles. The molecule has 1 aliphatic rings. The quantitative estimate of drug-likeness (QED) is 0.806. The molecule has 1 heterocycles. The molecular formula is C16H19FN4O3S2. The van der Waals surface area contributed by atoms with Crippen molar-refractivity contribution in [3.8, 4) is 0 Å². The number of sulfonamides is 1. The van der Waals surface area contributed by atoms with Crippen LogP contribution in [0, 0.1) is 5.82 Å². The first-order chi connectivity index (χ1) is 12.0. The summed E-state index contributed by atoms with van der Waals surface area (Å²) in [6.07, 6.45) is 2.14. The van der Waals surface area contributed by atoms with Crippen molar-refractivity contribution < 1.29 is 17.6 Å². The Hall–Kier alpha value is -1.91. The average Bonchev–Trinajstić information content (AvgIpc) is 3.25. The molecule has 2 N–H and O–H groups in total. The molecule has 1 fully saturated rings. The van der Waals surface area contributed by atoms with E-state index < -0.39 is 32.2 Å². The molecule has 10 heteroatoms. The smallest absolute Gasteiger partial charge is 0.257 e. The number of nitrogens with one attached hydrogen (secondary N) is 2. The van der Waals surface area contributed by atoms with Crippen LogP contribution < -0.4 is 10.0 Å². The number of carbonyl (C=O) groups is 1. The Bertz CT molecular complexity index is 947. The van der Waals surface area contributed by atoms with E-state index in [1.807, 2.05) is 0 Å². The first kappa shape index (κ1) is 18.9. The van der Waals surface area contributed by atoms with Crippen molar-refractivity contribution in [2.75, 3.05) is 5.32 Å². The predicted octanol–water partition coefficient (Wildman–Crippen LogP) is 2.88. The zero-order valence-corrected chi connectivity index (χ0v) is 16.2. The largest absolute Gasteiger partial charge is 0.296 e. The van der Waals surface area contributed by atoms with E-state index in [4.69, 9.17) is 0 Å². The third kappa shape index (κ3) is 4.43. The van der Waals surface area contributed by atoms with Crippen LogP contribution in [0.5, 0.6) is 0 Å². The maximum absolute atomic E-state index is 14.1. The van der Waals surface area contributed by atoms with Gasteiger partial charge in [-0.05, 0) is 51.8 Å². The normalized spacial score (nSPS) is 15.1. The van der Waals surface area contributed by atoms with E-state index in [0.717, 1.165) is 30.0 Å². The third-order valence-corrected chi connectivity index (χ3v) is 6.29. The fraction of sp³-hybridized carbons (Fsp3) is 0.438. The molecule has 0 radical (unpaired) electrons. The maximum Gasteiger partial charge on any atom is 0.257 e. The van der Waals surface area contributed by atoms with Crippen molar-refractivity contribution in [1.82, 2.24) is 14.9 Å². The van der Waals surface area contributed by atoms with Gasteiger partial charge in [-0.1, -0.05) is 11.3 Å². The van der Waals surface area contributed by atoms with Crippen LogP contribution in [0.1, 0.15) is 54.9 Å². The van der Waals surface area contributed by atoms with Crippen molar-refractivity contribution in [1.29, 1.82) is 0 Å². The molecule has 3 rings (SSSR count). The van der Waals surface area contributed by atoms with E-state index in [2.05, 4.69) is 20.2 Å². The van der Waals surface area contributed by atoms with Crippen molar-refractivity contribution in [2.24, 2.45) is 0 Å². The molecular weight excluding hydrogens is 379 g/mol. The molecule has 0 bridgehead atoms. The van der Waals surface area contributed by atoms with Crippen LogP contribution in [0.2, 0.25) is 0 Å². The van der Waals surface area contributed by atoms with E-state index >= 15 is 0 Å². The lowest BCUT2D eigenvalue weighted by Gasteiger charge is -2.20. The van der Waals surface area contributed by atoms with E-state index in [1.54, 1.807) is 20.8 Å². The summed E-state index contributed by atoms with van der Waals surface area (Å²) in [6, 6.07) is 3.20. The summed E-state index contributed by atoms with van der Waals surface area (Å²) in [4.78, 5) is 11.8. The second-order valence-corrected chi connectivity index (χ2v) is 9.83. The van der Waals surface area contributed by atoms with Crippen molar-refractivity contribution in [2.45, 2.75) is 50.0 Å². The lowest BCUT2D eigenvalue weighted by molar-refractivity contribution is 0.102. The van der Waals surface area contributed by atoms with E-state index in [0.29, 0.717) is 11.0 Å². The number of amides is 1. The molecule has 0 unspecified atom stereocenters. The van der Waals surface area contributed by atoms with Gasteiger partial charge in [0.1, 0.15) is 15.7 Å². The van der Waals surface area contributed by atoms with Gasteiger partial charge in [-0.15, -0.1) is 10.2 Å². The average molecular weight is 398 g/mol. The fourth-order valence-corrected chi connectivity index (χ4v) is 4.69. The zero-order chi connectivity index (χ0) is 19.1. The molecule has 7 nitrogen and oxygen atoms in total. The Morgan fingerprint density at radius 1 is 1.27 bits per heavy atom. The second-order valence-electron chi connectivity index (χ2n) is 7.17. The summed E-state index contributed by atoms with van der Waals surface area (Å²) in [6.45, 7) is 4.93. The van der Waals surface area contributed by atoms with Gasteiger partial charge in [0, 0.05) is 17.0 Å². The molecule has 0 atom stereocenters. The Morgan fingerprint density at radius 2 is 1.96 bits per heavy atom. The second kappa shape index (κ2) is 6.67. The summed E-state index contributed by atoms with van der Waals surface area (Å²) in [5, 5.41) is 11.7. The number of aromatic nitrogens is 2. The molecule has 1 amide bonds. The van der Waals surface area contributed by atoms with E-state index in [9.17, 15) is 17.6 Å². The summed E-state index contributed by atoms with van der Waals surface area (Å²) in [5.74, 6) is -1.08. The van der Waals surface area contributed by atoms with Gasteiger partial charge in [-0.2, -0.15) is 0 Å². The predicted molar refractivity (Wildman–Crippen MR) is 96.3 cm³/mol. The minimum atomic E-state index is -4.11. The zero-order valence-electron chi connectivity index (χ0n) is 14.5. The minimum absolute atomic E-state index is 0.0175. The van der Waals surface area contributed by atoms with Crippen molar-refractivity contribution >= 4 is 32.4 Å². The topological polar surface area (TPSA) is 101 Å². The van der Waals surface area contributed by atoms with E-state index in [1.165, 1.54) is 17.4 Å². The third-order valence-electron chi connectivity index (χ3n) is 3.51. The van der Waals surface area contributed by atoms with Crippen LogP contribution in [0.4, 0.5) is 9.52 Å². The molecule has 2 aromatic rings. The van der Waals surface area contributed by atoms with Gasteiger partial charge in [-0.25, -0.2) is 17.5 Å².